The molecule has 0 radical (unpaired) electrons. The lowest BCUT2D eigenvalue weighted by atomic mass is 10.1. The van der Waals surface area contributed by atoms with Gasteiger partial charge in [-0.25, -0.2) is 0 Å². The van der Waals surface area contributed by atoms with E-state index in [0.29, 0.717) is 0 Å². The summed E-state index contributed by atoms with van der Waals surface area (Å²) in [6, 6.07) is 0. The quantitative estimate of drug-likeness (QED) is 0.485. The molecule has 0 heterocycles. The van der Waals surface area contributed by atoms with Crippen LogP contribution >= 0.6 is 12.6 Å². The maximum atomic E-state index is 4.31. The summed E-state index contributed by atoms with van der Waals surface area (Å²) in [5.74, 6) is 0. The van der Waals surface area contributed by atoms with Crippen LogP contribution in [0.3, 0.4) is 0 Å². The third-order valence-corrected chi connectivity index (χ3v) is 1.78. The Morgan fingerprint density at radius 2 is 2.17 bits per heavy atom. The van der Waals surface area contributed by atoms with Crippen LogP contribution in [-0.4, -0.2) is 5.25 Å². The van der Waals surface area contributed by atoms with Crippen molar-refractivity contribution in [1.82, 2.24) is 0 Å². The van der Waals surface area contributed by atoms with Crippen molar-refractivity contribution in [3.8, 4) is 0 Å². The highest BCUT2D eigenvalue weighted by atomic mass is 32.1. The van der Waals surface area contributed by atoms with Gasteiger partial charge in [-0.1, -0.05) is 43.5 Å². The van der Waals surface area contributed by atoms with Gasteiger partial charge in [-0.05, 0) is 18.9 Å². The molecule has 0 aromatic rings. The van der Waals surface area contributed by atoms with E-state index in [1.807, 2.05) is 25.2 Å². The highest BCUT2D eigenvalue weighted by Crippen LogP contribution is 2.10. The van der Waals surface area contributed by atoms with Crippen LogP contribution < -0.4 is 0 Å². The second-order valence-corrected chi connectivity index (χ2v) is 3.26. The van der Waals surface area contributed by atoms with Gasteiger partial charge in [-0.3, -0.25) is 0 Å². The highest BCUT2D eigenvalue weighted by Gasteiger charge is 1.96. The summed E-state index contributed by atoms with van der Waals surface area (Å²) in [5.41, 5.74) is 1.17. The Labute approximate surface area is 80.8 Å². The first-order chi connectivity index (χ1) is 5.72. The van der Waals surface area contributed by atoms with E-state index >= 15 is 0 Å². The molecule has 0 bridgehead atoms. The summed E-state index contributed by atoms with van der Waals surface area (Å²) in [7, 11) is 0. The van der Waals surface area contributed by atoms with Gasteiger partial charge in [0.15, 0.2) is 0 Å². The topological polar surface area (TPSA) is 0 Å². The van der Waals surface area contributed by atoms with Gasteiger partial charge in [-0.2, -0.15) is 12.6 Å². The molecule has 0 N–H and O–H groups in total. The standard InChI is InChI=1S/C11H16S/c1-4-6-7-8-9-11(5-2)10(3)12/h4-7,9-10,12H,1-2,8H2,3H3/b7-6-,11-9-. The van der Waals surface area contributed by atoms with E-state index in [1.54, 1.807) is 6.08 Å². The van der Waals surface area contributed by atoms with E-state index in [1.165, 1.54) is 5.57 Å². The Morgan fingerprint density at radius 3 is 2.58 bits per heavy atom. The summed E-state index contributed by atoms with van der Waals surface area (Å²) in [5, 5.41) is 0.264. The van der Waals surface area contributed by atoms with E-state index in [2.05, 4.69) is 31.9 Å². The molecule has 0 aliphatic heterocycles. The molecule has 0 rings (SSSR count). The molecule has 0 spiro atoms. The normalized spacial score (nSPS) is 14.7. The minimum Gasteiger partial charge on any atom is -0.171 e. The summed E-state index contributed by atoms with van der Waals surface area (Å²) >= 11 is 4.31. The molecule has 0 aromatic heterocycles. The van der Waals surface area contributed by atoms with Crippen LogP contribution in [0.4, 0.5) is 0 Å². The van der Waals surface area contributed by atoms with Gasteiger partial charge in [0.1, 0.15) is 0 Å². The first kappa shape index (κ1) is 11.3. The average molecular weight is 180 g/mol. The Balaban J connectivity index is 4.02. The van der Waals surface area contributed by atoms with Crippen LogP contribution in [-0.2, 0) is 0 Å². The van der Waals surface area contributed by atoms with Crippen LogP contribution in [0.15, 0.2) is 49.1 Å². The minimum absolute atomic E-state index is 0.264. The van der Waals surface area contributed by atoms with E-state index in [-0.39, 0.29) is 5.25 Å². The van der Waals surface area contributed by atoms with Crippen molar-refractivity contribution in [3.63, 3.8) is 0 Å². The number of allylic oxidation sites excluding steroid dienone is 5. The number of thiol groups is 1. The molecular formula is C11H16S. The van der Waals surface area contributed by atoms with Crippen LogP contribution in [0.1, 0.15) is 13.3 Å². The Morgan fingerprint density at radius 1 is 1.50 bits per heavy atom. The largest absolute Gasteiger partial charge is 0.171 e. The van der Waals surface area contributed by atoms with Gasteiger partial charge in [0.2, 0.25) is 0 Å². The van der Waals surface area contributed by atoms with Crippen LogP contribution in [0.25, 0.3) is 0 Å². The predicted octanol–water partition coefficient (Wildman–Crippen LogP) is 3.55. The van der Waals surface area contributed by atoms with Crippen molar-refractivity contribution in [2.45, 2.75) is 18.6 Å². The predicted molar refractivity (Wildman–Crippen MR) is 60.7 cm³/mol. The zero-order valence-corrected chi connectivity index (χ0v) is 8.43. The molecule has 0 aromatic carbocycles. The van der Waals surface area contributed by atoms with Gasteiger partial charge in [-0.15, -0.1) is 0 Å². The summed E-state index contributed by atoms with van der Waals surface area (Å²) in [4.78, 5) is 0. The highest BCUT2D eigenvalue weighted by molar-refractivity contribution is 7.81. The lowest BCUT2D eigenvalue weighted by Crippen LogP contribution is -1.92. The van der Waals surface area contributed by atoms with E-state index in [9.17, 15) is 0 Å². The fourth-order valence-corrected chi connectivity index (χ4v) is 1.01. The molecule has 12 heavy (non-hydrogen) atoms. The molecule has 1 unspecified atom stereocenters. The SMILES string of the molecule is C=C/C=C\C/C=C(/C=C)C(C)S. The van der Waals surface area contributed by atoms with Crippen molar-refractivity contribution in [1.29, 1.82) is 0 Å². The molecule has 0 nitrogen and oxygen atoms in total. The average Bonchev–Trinajstić information content (AvgIpc) is 2.04. The summed E-state index contributed by atoms with van der Waals surface area (Å²) in [6.45, 7) is 9.35. The first-order valence-corrected chi connectivity index (χ1v) is 4.52. The second kappa shape index (κ2) is 6.99. The molecule has 0 aliphatic rings. The van der Waals surface area contributed by atoms with Gasteiger partial charge in [0, 0.05) is 5.25 Å². The van der Waals surface area contributed by atoms with Gasteiger partial charge in [0.05, 0.1) is 0 Å². The maximum Gasteiger partial charge on any atom is 0.0235 e. The van der Waals surface area contributed by atoms with Crippen molar-refractivity contribution in [2.75, 3.05) is 0 Å². The first-order valence-electron chi connectivity index (χ1n) is 4.00. The fourth-order valence-electron chi connectivity index (χ4n) is 0.803. The maximum absolute atomic E-state index is 4.31. The number of hydrogen-bond acceptors (Lipinski definition) is 1. The van der Waals surface area contributed by atoms with Crippen LogP contribution in [0.5, 0.6) is 0 Å². The molecule has 1 heteroatoms. The fraction of sp³-hybridized carbons (Fsp3) is 0.273. The molecule has 0 aliphatic carbocycles. The minimum atomic E-state index is 0.264. The zero-order chi connectivity index (χ0) is 9.40. The molecule has 0 amide bonds. The van der Waals surface area contributed by atoms with E-state index < -0.39 is 0 Å². The monoisotopic (exact) mass is 180 g/mol. The Hall–Kier alpha value is -0.690. The molecule has 66 valence electrons. The van der Waals surface area contributed by atoms with Crippen LogP contribution in [0, 0.1) is 0 Å². The van der Waals surface area contributed by atoms with Gasteiger partial charge >= 0.3 is 0 Å². The van der Waals surface area contributed by atoms with Gasteiger partial charge in [0.25, 0.3) is 0 Å². The second-order valence-electron chi connectivity index (χ2n) is 2.48. The van der Waals surface area contributed by atoms with Crippen LogP contribution in [0.2, 0.25) is 0 Å². The number of hydrogen-bond donors (Lipinski definition) is 1. The van der Waals surface area contributed by atoms with Crippen molar-refractivity contribution >= 4 is 12.6 Å². The van der Waals surface area contributed by atoms with E-state index in [0.717, 1.165) is 6.42 Å². The smallest absolute Gasteiger partial charge is 0.0235 e. The third kappa shape index (κ3) is 5.03. The summed E-state index contributed by atoms with van der Waals surface area (Å²) < 4.78 is 0. The van der Waals surface area contributed by atoms with Crippen molar-refractivity contribution in [2.24, 2.45) is 0 Å². The molecule has 0 saturated heterocycles. The van der Waals surface area contributed by atoms with Gasteiger partial charge < -0.3 is 0 Å². The molecule has 0 fully saturated rings. The molecule has 0 saturated carbocycles. The summed E-state index contributed by atoms with van der Waals surface area (Å²) in [6.07, 6.45) is 10.6. The van der Waals surface area contributed by atoms with Crippen molar-refractivity contribution < 1.29 is 0 Å². The third-order valence-electron chi connectivity index (χ3n) is 1.48. The zero-order valence-electron chi connectivity index (χ0n) is 7.53. The Bertz CT molecular complexity index is 197. The Kier molecular flexibility index (Phi) is 6.58. The number of rotatable bonds is 5. The van der Waals surface area contributed by atoms with E-state index in [4.69, 9.17) is 0 Å². The lowest BCUT2D eigenvalue weighted by molar-refractivity contribution is 1.16. The lowest BCUT2D eigenvalue weighted by Gasteiger charge is -2.03. The van der Waals surface area contributed by atoms with Crippen molar-refractivity contribution in [3.05, 3.63) is 49.1 Å². The molecular weight excluding hydrogens is 164 g/mol. The molecule has 1 atom stereocenters.